The maximum atomic E-state index is 12.2. The molecule has 0 aliphatic heterocycles. The zero-order valence-corrected chi connectivity index (χ0v) is 14.7. The molecule has 2 heterocycles. The molecule has 124 valence electrons. The minimum absolute atomic E-state index is 0. The number of carbonyl (C=O) groups is 1. The second-order valence-corrected chi connectivity index (χ2v) is 5.70. The van der Waals surface area contributed by atoms with Crippen LogP contribution in [0.5, 0.6) is 0 Å². The van der Waals surface area contributed by atoms with Crippen molar-refractivity contribution in [1.29, 1.82) is 0 Å². The monoisotopic (exact) mass is 346 g/mol. The normalized spacial score (nSPS) is 13.1. The van der Waals surface area contributed by atoms with E-state index in [0.717, 1.165) is 11.3 Å². The summed E-state index contributed by atoms with van der Waals surface area (Å²) >= 11 is 0. The van der Waals surface area contributed by atoms with Gasteiger partial charge in [0.15, 0.2) is 0 Å². The predicted octanol–water partition coefficient (Wildman–Crippen LogP) is 2.21. The zero-order chi connectivity index (χ0) is 14.8. The highest BCUT2D eigenvalue weighted by Gasteiger charge is 2.28. The van der Waals surface area contributed by atoms with Gasteiger partial charge in [-0.05, 0) is 25.0 Å². The van der Waals surface area contributed by atoms with Gasteiger partial charge in [0.2, 0.25) is 5.91 Å². The van der Waals surface area contributed by atoms with Crippen molar-refractivity contribution in [2.24, 2.45) is 11.7 Å². The molecule has 0 aromatic carbocycles. The molecule has 0 radical (unpaired) electrons. The van der Waals surface area contributed by atoms with Crippen molar-refractivity contribution in [3.05, 3.63) is 36.3 Å². The highest BCUT2D eigenvalue weighted by Crippen LogP contribution is 2.15. The minimum Gasteiger partial charge on any atom is -0.349 e. The Morgan fingerprint density at radius 2 is 2.09 bits per heavy atom. The molecule has 22 heavy (non-hydrogen) atoms. The van der Waals surface area contributed by atoms with Crippen molar-refractivity contribution in [3.63, 3.8) is 0 Å². The molecule has 0 fully saturated rings. The van der Waals surface area contributed by atoms with E-state index >= 15 is 0 Å². The van der Waals surface area contributed by atoms with Crippen LogP contribution in [0.2, 0.25) is 0 Å². The zero-order valence-electron chi connectivity index (χ0n) is 13.1. The van der Waals surface area contributed by atoms with Crippen LogP contribution < -0.4 is 11.1 Å². The van der Waals surface area contributed by atoms with Gasteiger partial charge in [-0.15, -0.1) is 24.8 Å². The molecule has 1 atom stereocenters. The van der Waals surface area contributed by atoms with Crippen molar-refractivity contribution < 1.29 is 4.79 Å². The Bertz CT molecular complexity index is 581. The molecule has 5 nitrogen and oxygen atoms in total. The van der Waals surface area contributed by atoms with Gasteiger partial charge in [-0.2, -0.15) is 0 Å². The predicted molar refractivity (Wildman–Crippen MR) is 93.8 cm³/mol. The van der Waals surface area contributed by atoms with E-state index in [0.29, 0.717) is 6.54 Å². The summed E-state index contributed by atoms with van der Waals surface area (Å²) in [5.74, 6) is 0.229. The highest BCUT2D eigenvalue weighted by molar-refractivity contribution is 5.85. The number of rotatable bonds is 5. The average Bonchev–Trinajstić information content (AvgIpc) is 2.79. The molecular weight excluding hydrogens is 323 g/mol. The number of fused-ring (bicyclic) bond motifs is 1. The van der Waals surface area contributed by atoms with Gasteiger partial charge in [-0.3, -0.25) is 4.79 Å². The van der Waals surface area contributed by atoms with Crippen molar-refractivity contribution in [3.8, 4) is 0 Å². The molecule has 1 amide bonds. The van der Waals surface area contributed by atoms with Gasteiger partial charge in [-0.1, -0.05) is 19.9 Å². The van der Waals surface area contributed by atoms with Gasteiger partial charge in [0.25, 0.3) is 0 Å². The van der Waals surface area contributed by atoms with E-state index in [1.807, 2.05) is 41.9 Å². The van der Waals surface area contributed by atoms with Gasteiger partial charge in [0.1, 0.15) is 5.65 Å². The molecule has 0 aliphatic carbocycles. The SMILES string of the molecule is CC(C)C(C)(CN)NC(=O)Cc1cn2ccccc2n1.Cl.Cl. The van der Waals surface area contributed by atoms with Gasteiger partial charge < -0.3 is 15.5 Å². The second kappa shape index (κ2) is 8.36. The van der Waals surface area contributed by atoms with E-state index in [2.05, 4.69) is 24.1 Å². The lowest BCUT2D eigenvalue weighted by Gasteiger charge is -2.33. The summed E-state index contributed by atoms with van der Waals surface area (Å²) in [6.07, 6.45) is 4.07. The molecule has 2 rings (SSSR count). The van der Waals surface area contributed by atoms with Gasteiger partial charge in [-0.25, -0.2) is 4.98 Å². The fourth-order valence-corrected chi connectivity index (χ4v) is 2.03. The van der Waals surface area contributed by atoms with Crippen molar-refractivity contribution in [1.82, 2.24) is 14.7 Å². The van der Waals surface area contributed by atoms with Crippen molar-refractivity contribution >= 4 is 36.4 Å². The van der Waals surface area contributed by atoms with Crippen LogP contribution in [0.1, 0.15) is 26.5 Å². The van der Waals surface area contributed by atoms with Crippen LogP contribution in [0, 0.1) is 5.92 Å². The number of aromatic nitrogens is 2. The number of nitrogens with one attached hydrogen (secondary N) is 1. The van der Waals surface area contributed by atoms with Crippen LogP contribution in [0.15, 0.2) is 30.6 Å². The van der Waals surface area contributed by atoms with Gasteiger partial charge >= 0.3 is 0 Å². The quantitative estimate of drug-likeness (QED) is 0.871. The molecule has 1 unspecified atom stereocenters. The summed E-state index contributed by atoms with van der Waals surface area (Å²) in [4.78, 5) is 16.6. The summed E-state index contributed by atoms with van der Waals surface area (Å²) in [7, 11) is 0. The number of hydrogen-bond donors (Lipinski definition) is 2. The number of hydrogen-bond acceptors (Lipinski definition) is 3. The van der Waals surface area contributed by atoms with Crippen LogP contribution in [0.3, 0.4) is 0 Å². The van der Waals surface area contributed by atoms with E-state index in [-0.39, 0.29) is 48.6 Å². The first-order chi connectivity index (χ1) is 9.44. The first-order valence-corrected chi connectivity index (χ1v) is 6.88. The van der Waals surface area contributed by atoms with Crippen LogP contribution in [0.4, 0.5) is 0 Å². The number of nitrogens with zero attached hydrogens (tertiary/aromatic N) is 2. The molecule has 7 heteroatoms. The topological polar surface area (TPSA) is 72.4 Å². The fourth-order valence-electron chi connectivity index (χ4n) is 2.03. The Hall–Kier alpha value is -1.30. The number of halogens is 2. The average molecular weight is 347 g/mol. The Morgan fingerprint density at radius 3 is 2.64 bits per heavy atom. The summed E-state index contributed by atoms with van der Waals surface area (Å²) < 4.78 is 1.91. The summed E-state index contributed by atoms with van der Waals surface area (Å²) in [6.45, 7) is 6.50. The lowest BCUT2D eigenvalue weighted by atomic mass is 9.88. The Kier molecular flexibility index (Phi) is 7.87. The van der Waals surface area contributed by atoms with Gasteiger partial charge in [0.05, 0.1) is 17.7 Å². The van der Waals surface area contributed by atoms with Gasteiger partial charge in [0, 0.05) is 18.9 Å². The number of imidazole rings is 1. The summed E-state index contributed by atoms with van der Waals surface area (Å²) in [5.41, 5.74) is 7.01. The Balaban J connectivity index is 0.00000220. The highest BCUT2D eigenvalue weighted by atomic mass is 35.5. The first kappa shape index (κ1) is 20.7. The number of amides is 1. The molecule has 0 spiro atoms. The Morgan fingerprint density at radius 1 is 1.41 bits per heavy atom. The lowest BCUT2D eigenvalue weighted by Crippen LogP contribution is -2.55. The molecule has 2 aromatic rings. The lowest BCUT2D eigenvalue weighted by molar-refractivity contribution is -0.122. The van der Waals surface area contributed by atoms with E-state index in [4.69, 9.17) is 5.73 Å². The third kappa shape index (κ3) is 4.60. The number of carbonyl (C=O) groups excluding carboxylic acids is 1. The van der Waals surface area contributed by atoms with E-state index in [1.54, 1.807) is 0 Å². The van der Waals surface area contributed by atoms with Crippen LogP contribution in [-0.4, -0.2) is 27.4 Å². The Labute approximate surface area is 143 Å². The third-order valence-electron chi connectivity index (χ3n) is 3.88. The standard InChI is InChI=1S/C15H22N4O.2ClH/c1-11(2)15(3,10-16)18-14(20)8-12-9-19-7-5-4-6-13(19)17-12;;/h4-7,9,11H,8,10,16H2,1-3H3,(H,18,20);2*1H. The van der Waals surface area contributed by atoms with Crippen molar-refractivity contribution in [2.45, 2.75) is 32.7 Å². The molecule has 0 aliphatic rings. The number of pyridine rings is 1. The van der Waals surface area contributed by atoms with E-state index in [9.17, 15) is 4.79 Å². The van der Waals surface area contributed by atoms with E-state index < -0.39 is 0 Å². The molecule has 0 saturated carbocycles. The van der Waals surface area contributed by atoms with Crippen LogP contribution in [0.25, 0.3) is 5.65 Å². The maximum Gasteiger partial charge on any atom is 0.226 e. The van der Waals surface area contributed by atoms with Crippen LogP contribution >= 0.6 is 24.8 Å². The fraction of sp³-hybridized carbons (Fsp3) is 0.467. The molecule has 0 saturated heterocycles. The summed E-state index contributed by atoms with van der Waals surface area (Å²) in [6, 6.07) is 5.78. The molecule has 3 N–H and O–H groups in total. The largest absolute Gasteiger partial charge is 0.349 e. The third-order valence-corrected chi connectivity index (χ3v) is 3.88. The maximum absolute atomic E-state index is 12.2. The summed E-state index contributed by atoms with van der Waals surface area (Å²) in [5, 5.41) is 3.02. The molecule has 2 aromatic heterocycles. The first-order valence-electron chi connectivity index (χ1n) is 6.88. The van der Waals surface area contributed by atoms with Crippen LogP contribution in [-0.2, 0) is 11.2 Å². The number of nitrogens with two attached hydrogens (primary N) is 1. The molecular formula is C15H24Cl2N4O. The van der Waals surface area contributed by atoms with Crippen molar-refractivity contribution in [2.75, 3.05) is 6.54 Å². The minimum atomic E-state index is -0.379. The molecule has 0 bridgehead atoms. The second-order valence-electron chi connectivity index (χ2n) is 5.70. The smallest absolute Gasteiger partial charge is 0.226 e. The van der Waals surface area contributed by atoms with E-state index in [1.165, 1.54) is 0 Å².